The Morgan fingerprint density at radius 3 is 2.30 bits per heavy atom. The molecule has 0 bridgehead atoms. The molecule has 0 aromatic rings. The van der Waals surface area contributed by atoms with E-state index in [1.807, 2.05) is 20.8 Å². The SMILES string of the molecule is CC(C)(C)OC(=O)NC1CCN(CC2CCCC2)CC1. The highest BCUT2D eigenvalue weighted by Gasteiger charge is 2.25. The van der Waals surface area contributed by atoms with E-state index in [0.29, 0.717) is 0 Å². The van der Waals surface area contributed by atoms with Gasteiger partial charge in [0.1, 0.15) is 5.60 Å². The van der Waals surface area contributed by atoms with Crippen LogP contribution in [0.4, 0.5) is 4.79 Å². The minimum atomic E-state index is -0.409. The highest BCUT2D eigenvalue weighted by atomic mass is 16.6. The lowest BCUT2D eigenvalue weighted by molar-refractivity contribution is 0.0476. The topological polar surface area (TPSA) is 41.6 Å². The van der Waals surface area contributed by atoms with Crippen molar-refractivity contribution in [3.8, 4) is 0 Å². The van der Waals surface area contributed by atoms with Crippen molar-refractivity contribution in [2.75, 3.05) is 19.6 Å². The van der Waals surface area contributed by atoms with Gasteiger partial charge in [-0.05, 0) is 52.4 Å². The van der Waals surface area contributed by atoms with E-state index in [1.165, 1.54) is 32.2 Å². The predicted molar refractivity (Wildman–Crippen MR) is 80.8 cm³/mol. The van der Waals surface area contributed by atoms with E-state index in [0.717, 1.165) is 31.8 Å². The van der Waals surface area contributed by atoms with Crippen molar-refractivity contribution in [2.45, 2.75) is 70.9 Å². The molecule has 2 fully saturated rings. The van der Waals surface area contributed by atoms with E-state index in [1.54, 1.807) is 0 Å². The van der Waals surface area contributed by atoms with Gasteiger partial charge in [0.05, 0.1) is 0 Å². The summed E-state index contributed by atoms with van der Waals surface area (Å²) in [5, 5.41) is 3.00. The molecular weight excluding hydrogens is 252 g/mol. The fourth-order valence-corrected chi connectivity index (χ4v) is 3.29. The number of carbonyl (C=O) groups is 1. The Hall–Kier alpha value is -0.770. The number of hydrogen-bond donors (Lipinski definition) is 1. The van der Waals surface area contributed by atoms with Gasteiger partial charge in [-0.25, -0.2) is 4.79 Å². The van der Waals surface area contributed by atoms with Crippen LogP contribution in [0.1, 0.15) is 59.3 Å². The number of nitrogens with one attached hydrogen (secondary N) is 1. The zero-order valence-electron chi connectivity index (χ0n) is 13.3. The first-order valence-corrected chi connectivity index (χ1v) is 8.14. The maximum absolute atomic E-state index is 11.7. The van der Waals surface area contributed by atoms with E-state index >= 15 is 0 Å². The second-order valence-corrected chi connectivity index (χ2v) is 7.37. The van der Waals surface area contributed by atoms with Crippen molar-refractivity contribution in [1.29, 1.82) is 0 Å². The quantitative estimate of drug-likeness (QED) is 0.864. The summed E-state index contributed by atoms with van der Waals surface area (Å²) in [5.41, 5.74) is -0.409. The molecule has 0 unspecified atom stereocenters. The van der Waals surface area contributed by atoms with Gasteiger partial charge in [-0.3, -0.25) is 0 Å². The van der Waals surface area contributed by atoms with Crippen LogP contribution in [0.5, 0.6) is 0 Å². The van der Waals surface area contributed by atoms with Gasteiger partial charge in [0.25, 0.3) is 0 Å². The number of piperidine rings is 1. The molecule has 0 radical (unpaired) electrons. The van der Waals surface area contributed by atoms with Gasteiger partial charge in [-0.15, -0.1) is 0 Å². The number of ether oxygens (including phenoxy) is 1. The molecule has 4 heteroatoms. The van der Waals surface area contributed by atoms with Gasteiger partial charge in [0.15, 0.2) is 0 Å². The summed E-state index contributed by atoms with van der Waals surface area (Å²) in [6.45, 7) is 9.18. The summed E-state index contributed by atoms with van der Waals surface area (Å²) >= 11 is 0. The van der Waals surface area contributed by atoms with Crippen LogP contribution in [0.2, 0.25) is 0 Å². The number of likely N-dealkylation sites (tertiary alicyclic amines) is 1. The molecule has 20 heavy (non-hydrogen) atoms. The Kier molecular flexibility index (Phi) is 5.30. The van der Waals surface area contributed by atoms with Crippen LogP contribution in [0.15, 0.2) is 0 Å². The van der Waals surface area contributed by atoms with Gasteiger partial charge in [-0.2, -0.15) is 0 Å². The summed E-state index contributed by atoms with van der Waals surface area (Å²) in [6.07, 6.45) is 7.49. The molecule has 0 aromatic carbocycles. The van der Waals surface area contributed by atoms with Gasteiger partial charge in [0, 0.05) is 25.7 Å². The highest BCUT2D eigenvalue weighted by molar-refractivity contribution is 5.68. The van der Waals surface area contributed by atoms with Crippen LogP contribution in [-0.2, 0) is 4.74 Å². The van der Waals surface area contributed by atoms with Crippen molar-refractivity contribution in [3.63, 3.8) is 0 Å². The third kappa shape index (κ3) is 5.31. The van der Waals surface area contributed by atoms with Crippen molar-refractivity contribution < 1.29 is 9.53 Å². The second kappa shape index (κ2) is 6.79. The number of rotatable bonds is 3. The summed E-state index contributed by atoms with van der Waals surface area (Å²) < 4.78 is 5.31. The normalized spacial score (nSPS) is 22.9. The Morgan fingerprint density at radius 1 is 1.15 bits per heavy atom. The lowest BCUT2D eigenvalue weighted by atomic mass is 10.0. The van der Waals surface area contributed by atoms with E-state index in [-0.39, 0.29) is 12.1 Å². The Morgan fingerprint density at radius 2 is 1.75 bits per heavy atom. The molecule has 0 atom stereocenters. The fraction of sp³-hybridized carbons (Fsp3) is 0.938. The maximum atomic E-state index is 11.7. The van der Waals surface area contributed by atoms with Gasteiger partial charge in [-0.1, -0.05) is 12.8 Å². The predicted octanol–water partition coefficient (Wildman–Crippen LogP) is 3.17. The molecule has 1 saturated heterocycles. The molecule has 0 spiro atoms. The smallest absolute Gasteiger partial charge is 0.407 e. The summed E-state index contributed by atoms with van der Waals surface area (Å²) in [7, 11) is 0. The molecule has 2 aliphatic rings. The summed E-state index contributed by atoms with van der Waals surface area (Å²) in [6, 6.07) is 0.282. The molecular formula is C16H30N2O2. The largest absolute Gasteiger partial charge is 0.444 e. The molecule has 2 rings (SSSR count). The highest BCUT2D eigenvalue weighted by Crippen LogP contribution is 2.26. The molecule has 1 saturated carbocycles. The number of hydrogen-bond acceptors (Lipinski definition) is 3. The zero-order chi connectivity index (χ0) is 14.6. The monoisotopic (exact) mass is 282 g/mol. The van der Waals surface area contributed by atoms with Crippen LogP contribution in [0.3, 0.4) is 0 Å². The van der Waals surface area contributed by atoms with Crippen molar-refractivity contribution >= 4 is 6.09 Å². The third-order valence-electron chi connectivity index (χ3n) is 4.30. The summed E-state index contributed by atoms with van der Waals surface area (Å²) in [4.78, 5) is 14.3. The van der Waals surface area contributed by atoms with Crippen LogP contribution >= 0.6 is 0 Å². The van der Waals surface area contributed by atoms with E-state index in [9.17, 15) is 4.79 Å². The fourth-order valence-electron chi connectivity index (χ4n) is 3.29. The van der Waals surface area contributed by atoms with E-state index in [4.69, 9.17) is 4.74 Å². The molecule has 0 aromatic heterocycles. The third-order valence-corrected chi connectivity index (χ3v) is 4.30. The van der Waals surface area contributed by atoms with E-state index in [2.05, 4.69) is 10.2 Å². The Balaban J connectivity index is 1.64. The lowest BCUT2D eigenvalue weighted by Crippen LogP contribution is -2.46. The minimum Gasteiger partial charge on any atom is -0.444 e. The van der Waals surface area contributed by atoms with Crippen LogP contribution < -0.4 is 5.32 Å². The Labute approximate surface area is 123 Å². The van der Waals surface area contributed by atoms with Gasteiger partial charge in [0.2, 0.25) is 0 Å². The molecule has 1 heterocycles. The zero-order valence-corrected chi connectivity index (χ0v) is 13.3. The first-order chi connectivity index (χ1) is 9.42. The molecule has 1 N–H and O–H groups in total. The number of nitrogens with zero attached hydrogens (tertiary/aromatic N) is 1. The first kappa shape index (κ1) is 15.6. The maximum Gasteiger partial charge on any atom is 0.407 e. The number of carbonyl (C=O) groups excluding carboxylic acids is 1. The van der Waals surface area contributed by atoms with Crippen LogP contribution in [0, 0.1) is 5.92 Å². The molecule has 116 valence electrons. The molecule has 1 aliphatic heterocycles. The van der Waals surface area contributed by atoms with Crippen molar-refractivity contribution in [1.82, 2.24) is 10.2 Å². The van der Waals surface area contributed by atoms with Gasteiger partial charge < -0.3 is 15.0 Å². The second-order valence-electron chi connectivity index (χ2n) is 7.37. The molecule has 4 nitrogen and oxygen atoms in total. The van der Waals surface area contributed by atoms with Crippen molar-refractivity contribution in [3.05, 3.63) is 0 Å². The van der Waals surface area contributed by atoms with Gasteiger partial charge >= 0.3 is 6.09 Å². The van der Waals surface area contributed by atoms with Crippen molar-refractivity contribution in [2.24, 2.45) is 5.92 Å². The summed E-state index contributed by atoms with van der Waals surface area (Å²) in [5.74, 6) is 0.922. The average Bonchev–Trinajstić information content (AvgIpc) is 2.82. The van der Waals surface area contributed by atoms with E-state index < -0.39 is 5.60 Å². The standard InChI is InChI=1S/C16H30N2O2/c1-16(2,3)20-15(19)17-14-8-10-18(11-9-14)12-13-6-4-5-7-13/h13-14H,4-12H2,1-3H3,(H,17,19). The molecule has 1 amide bonds. The minimum absolute atomic E-state index is 0.272. The lowest BCUT2D eigenvalue weighted by Gasteiger charge is -2.34. The Bertz CT molecular complexity index is 311. The molecule has 1 aliphatic carbocycles. The van der Waals surface area contributed by atoms with Crippen LogP contribution in [0.25, 0.3) is 0 Å². The number of amides is 1. The average molecular weight is 282 g/mol. The first-order valence-electron chi connectivity index (χ1n) is 8.14. The number of alkyl carbamates (subject to hydrolysis) is 1. The van der Waals surface area contributed by atoms with Crippen LogP contribution in [-0.4, -0.2) is 42.3 Å².